The van der Waals surface area contributed by atoms with Gasteiger partial charge in [-0.2, -0.15) is 0 Å². The number of nitrogens with zero attached hydrogens (tertiary/aromatic N) is 2. The highest BCUT2D eigenvalue weighted by Crippen LogP contribution is 2.27. The zero-order chi connectivity index (χ0) is 19.5. The van der Waals surface area contributed by atoms with Crippen LogP contribution in [0.3, 0.4) is 0 Å². The average molecular weight is 401 g/mol. The van der Waals surface area contributed by atoms with Crippen LogP contribution in [0.1, 0.15) is 45.6 Å². The number of likely N-dealkylation sites (N-methyl/N-ethyl adjacent to an activating group) is 1. The van der Waals surface area contributed by atoms with E-state index in [1.807, 2.05) is 20.8 Å². The number of piperidine rings is 1. The van der Waals surface area contributed by atoms with E-state index < -0.39 is 17.7 Å². The third-order valence-corrected chi connectivity index (χ3v) is 4.96. The van der Waals surface area contributed by atoms with Gasteiger partial charge in [-0.1, -0.05) is 29.3 Å². The second kappa shape index (κ2) is 8.49. The summed E-state index contributed by atoms with van der Waals surface area (Å²) in [5.74, 6) is -0.133. The highest BCUT2D eigenvalue weighted by molar-refractivity contribution is 6.36. The normalized spacial score (nSPS) is 17.8. The molecule has 1 atom stereocenters. The number of benzene rings is 1. The molecule has 2 rings (SSSR count). The van der Waals surface area contributed by atoms with Crippen LogP contribution in [0.4, 0.5) is 4.79 Å². The van der Waals surface area contributed by atoms with Gasteiger partial charge in [0.05, 0.1) is 0 Å². The summed E-state index contributed by atoms with van der Waals surface area (Å²) >= 11 is 12.4. The molecule has 0 bridgehead atoms. The molecule has 2 amide bonds. The standard InChI is InChI=1S/C19H26Cl2N2O3/c1-19(2,3)26-18(25)23-11-6-5-10-16(23)17(24)22(4)12-13-14(20)8-7-9-15(13)21/h7-9,16H,5-6,10-12H2,1-4H3/t16-/m0/s1. The lowest BCUT2D eigenvalue weighted by molar-refractivity contribution is -0.137. The second-order valence-corrected chi connectivity index (χ2v) is 8.39. The largest absolute Gasteiger partial charge is 0.444 e. The first kappa shape index (κ1) is 20.8. The van der Waals surface area contributed by atoms with Gasteiger partial charge in [0.2, 0.25) is 5.91 Å². The molecule has 1 heterocycles. The third-order valence-electron chi connectivity index (χ3n) is 4.25. The van der Waals surface area contributed by atoms with Gasteiger partial charge < -0.3 is 9.64 Å². The van der Waals surface area contributed by atoms with Crippen LogP contribution < -0.4 is 0 Å². The van der Waals surface area contributed by atoms with Gasteiger partial charge in [-0.25, -0.2) is 4.79 Å². The number of ether oxygens (including phenoxy) is 1. The molecule has 1 aromatic rings. The minimum atomic E-state index is -0.598. The first-order valence-corrected chi connectivity index (χ1v) is 9.53. The first-order chi connectivity index (χ1) is 12.1. The number of carbonyl (C=O) groups excluding carboxylic acids is 2. The summed E-state index contributed by atoms with van der Waals surface area (Å²) in [6.45, 7) is 6.26. The maximum atomic E-state index is 13.0. The first-order valence-electron chi connectivity index (χ1n) is 8.77. The van der Waals surface area contributed by atoms with Gasteiger partial charge in [-0.3, -0.25) is 9.69 Å². The van der Waals surface area contributed by atoms with Crippen LogP contribution in [-0.4, -0.2) is 47.0 Å². The molecule has 0 radical (unpaired) electrons. The molecule has 5 nitrogen and oxygen atoms in total. The zero-order valence-corrected chi connectivity index (χ0v) is 17.2. The molecule has 1 aliphatic heterocycles. The predicted octanol–water partition coefficient (Wildman–Crippen LogP) is 4.74. The number of likely N-dealkylation sites (tertiary alicyclic amines) is 1. The fourth-order valence-electron chi connectivity index (χ4n) is 2.98. The van der Waals surface area contributed by atoms with Gasteiger partial charge >= 0.3 is 6.09 Å². The van der Waals surface area contributed by atoms with Gasteiger partial charge in [0.25, 0.3) is 0 Å². The highest BCUT2D eigenvalue weighted by Gasteiger charge is 2.36. The van der Waals surface area contributed by atoms with Crippen molar-refractivity contribution < 1.29 is 14.3 Å². The molecule has 0 saturated carbocycles. The van der Waals surface area contributed by atoms with Gasteiger partial charge in [0.15, 0.2) is 0 Å². The molecular weight excluding hydrogens is 375 g/mol. The van der Waals surface area contributed by atoms with E-state index in [-0.39, 0.29) is 12.5 Å². The van der Waals surface area contributed by atoms with E-state index >= 15 is 0 Å². The van der Waals surface area contributed by atoms with Crippen molar-refractivity contribution in [3.8, 4) is 0 Å². The van der Waals surface area contributed by atoms with E-state index in [9.17, 15) is 9.59 Å². The number of carbonyl (C=O) groups is 2. The Hall–Kier alpha value is -1.46. The highest BCUT2D eigenvalue weighted by atomic mass is 35.5. The van der Waals surface area contributed by atoms with Crippen molar-refractivity contribution in [2.75, 3.05) is 13.6 Å². The smallest absolute Gasteiger partial charge is 0.410 e. The van der Waals surface area contributed by atoms with Gasteiger partial charge in [-0.05, 0) is 52.2 Å². The van der Waals surface area contributed by atoms with Crippen LogP contribution in [0.5, 0.6) is 0 Å². The summed E-state index contributed by atoms with van der Waals surface area (Å²) in [4.78, 5) is 28.6. The van der Waals surface area contributed by atoms with Gasteiger partial charge in [0.1, 0.15) is 11.6 Å². The lowest BCUT2D eigenvalue weighted by atomic mass is 10.0. The van der Waals surface area contributed by atoms with Crippen LogP contribution in [0.2, 0.25) is 10.0 Å². The summed E-state index contributed by atoms with van der Waals surface area (Å²) in [6.07, 6.45) is 1.94. The molecule has 0 spiro atoms. The summed E-state index contributed by atoms with van der Waals surface area (Å²) in [7, 11) is 1.70. The van der Waals surface area contributed by atoms with E-state index in [4.69, 9.17) is 27.9 Å². The Morgan fingerprint density at radius 1 is 1.23 bits per heavy atom. The predicted molar refractivity (Wildman–Crippen MR) is 104 cm³/mol. The monoisotopic (exact) mass is 400 g/mol. The van der Waals surface area contributed by atoms with E-state index in [0.717, 1.165) is 12.8 Å². The summed E-state index contributed by atoms with van der Waals surface area (Å²) in [6, 6.07) is 4.73. The van der Waals surface area contributed by atoms with Gasteiger partial charge in [-0.15, -0.1) is 0 Å². The minimum Gasteiger partial charge on any atom is -0.444 e. The molecule has 1 aliphatic rings. The van der Waals surface area contributed by atoms with Crippen molar-refractivity contribution in [3.63, 3.8) is 0 Å². The molecule has 0 aromatic heterocycles. The fraction of sp³-hybridized carbons (Fsp3) is 0.579. The Labute approximate surface area is 165 Å². The van der Waals surface area contributed by atoms with E-state index in [1.54, 1.807) is 35.0 Å². The topological polar surface area (TPSA) is 49.9 Å². The van der Waals surface area contributed by atoms with Crippen molar-refractivity contribution in [3.05, 3.63) is 33.8 Å². The molecule has 0 aliphatic carbocycles. The average Bonchev–Trinajstić information content (AvgIpc) is 2.56. The molecule has 0 N–H and O–H groups in total. The lowest BCUT2D eigenvalue weighted by Gasteiger charge is -2.37. The van der Waals surface area contributed by atoms with E-state index in [0.29, 0.717) is 28.6 Å². The van der Waals surface area contributed by atoms with Crippen molar-refractivity contribution in [1.82, 2.24) is 9.80 Å². The van der Waals surface area contributed by atoms with Crippen LogP contribution in [0, 0.1) is 0 Å². The van der Waals surface area contributed by atoms with Crippen molar-refractivity contribution in [1.29, 1.82) is 0 Å². The van der Waals surface area contributed by atoms with Crippen molar-refractivity contribution in [2.24, 2.45) is 0 Å². The Balaban J connectivity index is 2.13. The fourth-order valence-corrected chi connectivity index (χ4v) is 3.50. The summed E-state index contributed by atoms with van der Waals surface area (Å²) in [5.41, 5.74) is 0.102. The maximum absolute atomic E-state index is 13.0. The lowest BCUT2D eigenvalue weighted by Crippen LogP contribution is -2.53. The molecule has 0 unspecified atom stereocenters. The second-order valence-electron chi connectivity index (χ2n) is 7.58. The molecule has 1 aromatic carbocycles. The number of hydrogen-bond acceptors (Lipinski definition) is 3. The van der Waals surface area contributed by atoms with E-state index in [2.05, 4.69) is 0 Å². The Morgan fingerprint density at radius 3 is 2.42 bits per heavy atom. The Morgan fingerprint density at radius 2 is 1.85 bits per heavy atom. The minimum absolute atomic E-state index is 0.133. The Bertz CT molecular complexity index is 653. The number of halogens is 2. The van der Waals surface area contributed by atoms with Gasteiger partial charge in [0, 0.05) is 35.7 Å². The van der Waals surface area contributed by atoms with Crippen molar-refractivity contribution in [2.45, 2.75) is 58.2 Å². The number of amides is 2. The molecule has 1 saturated heterocycles. The van der Waals surface area contributed by atoms with Crippen LogP contribution in [0.15, 0.2) is 18.2 Å². The number of hydrogen-bond donors (Lipinski definition) is 0. The molecule has 144 valence electrons. The quantitative estimate of drug-likeness (QED) is 0.735. The third kappa shape index (κ3) is 5.27. The summed E-state index contributed by atoms with van der Waals surface area (Å²) in [5, 5.41) is 1.04. The summed E-state index contributed by atoms with van der Waals surface area (Å²) < 4.78 is 5.47. The molecule has 26 heavy (non-hydrogen) atoms. The SMILES string of the molecule is CN(Cc1c(Cl)cccc1Cl)C(=O)[C@@H]1CCCCN1C(=O)OC(C)(C)C. The van der Waals surface area contributed by atoms with Crippen LogP contribution in [-0.2, 0) is 16.1 Å². The van der Waals surface area contributed by atoms with Crippen molar-refractivity contribution >= 4 is 35.2 Å². The number of rotatable bonds is 3. The van der Waals surface area contributed by atoms with Crippen LogP contribution in [0.25, 0.3) is 0 Å². The molecule has 1 fully saturated rings. The molecular formula is C19H26Cl2N2O3. The molecule has 7 heteroatoms. The van der Waals surface area contributed by atoms with Crippen LogP contribution >= 0.6 is 23.2 Å². The zero-order valence-electron chi connectivity index (χ0n) is 15.7. The Kier molecular flexibility index (Phi) is 6.80. The maximum Gasteiger partial charge on any atom is 0.410 e. The van der Waals surface area contributed by atoms with E-state index in [1.165, 1.54) is 0 Å².